The van der Waals surface area contributed by atoms with Crippen LogP contribution in [0.25, 0.3) is 11.0 Å². The van der Waals surface area contributed by atoms with Crippen LogP contribution in [0.4, 0.5) is 13.2 Å². The van der Waals surface area contributed by atoms with E-state index in [9.17, 15) is 21.6 Å². The Morgan fingerprint density at radius 3 is 2.44 bits per heavy atom. The number of rotatable bonds is 8. The van der Waals surface area contributed by atoms with Gasteiger partial charge in [0, 0.05) is 32.7 Å². The van der Waals surface area contributed by atoms with Crippen molar-refractivity contribution in [2.75, 3.05) is 14.1 Å². The molecule has 2 aromatic carbocycles. The van der Waals surface area contributed by atoms with E-state index >= 15 is 0 Å². The molecule has 184 valence electrons. The molecular weight excluding hydrogens is 465 g/mol. The highest BCUT2D eigenvalue weighted by Crippen LogP contribution is 2.38. The van der Waals surface area contributed by atoms with E-state index in [1.165, 1.54) is 26.2 Å². The number of aromatic nitrogens is 2. The van der Waals surface area contributed by atoms with E-state index in [-0.39, 0.29) is 17.0 Å². The van der Waals surface area contributed by atoms with Gasteiger partial charge in [-0.25, -0.2) is 17.7 Å². The monoisotopic (exact) mass is 494 g/mol. The average molecular weight is 495 g/mol. The van der Waals surface area contributed by atoms with Crippen LogP contribution in [0.3, 0.4) is 0 Å². The lowest BCUT2D eigenvalue weighted by molar-refractivity contribution is -0.137. The maximum atomic E-state index is 13.3. The summed E-state index contributed by atoms with van der Waals surface area (Å²) in [6.45, 7) is 5.02. The van der Waals surface area contributed by atoms with Crippen molar-refractivity contribution in [1.82, 2.24) is 18.8 Å². The lowest BCUT2D eigenvalue weighted by Gasteiger charge is -2.29. The molecule has 1 atom stereocenters. The smallest absolute Gasteiger partial charge is 0.327 e. The van der Waals surface area contributed by atoms with Gasteiger partial charge in [-0.05, 0) is 62.6 Å². The zero-order valence-electron chi connectivity index (χ0n) is 19.7. The molecule has 0 bridgehead atoms. The fourth-order valence-corrected chi connectivity index (χ4v) is 5.24. The molecule has 10 heteroatoms. The number of nitrogens with zero attached hydrogens (tertiary/aromatic N) is 4. The zero-order chi connectivity index (χ0) is 24.8. The largest absolute Gasteiger partial charge is 0.416 e. The number of alkyl halides is 3. The van der Waals surface area contributed by atoms with Crippen molar-refractivity contribution in [3.05, 3.63) is 59.4 Å². The van der Waals surface area contributed by atoms with Gasteiger partial charge < -0.3 is 4.57 Å². The first-order valence-corrected chi connectivity index (χ1v) is 12.7. The van der Waals surface area contributed by atoms with Gasteiger partial charge in [-0.15, -0.1) is 0 Å². The van der Waals surface area contributed by atoms with Crippen molar-refractivity contribution >= 4 is 21.1 Å². The molecule has 1 fully saturated rings. The summed E-state index contributed by atoms with van der Waals surface area (Å²) in [5, 5.41) is 0. The maximum absolute atomic E-state index is 13.3. The van der Waals surface area contributed by atoms with Crippen LogP contribution in [-0.2, 0) is 29.3 Å². The molecule has 0 radical (unpaired) electrons. The normalized spacial score (nSPS) is 16.0. The molecule has 6 nitrogen and oxygen atoms in total. The summed E-state index contributed by atoms with van der Waals surface area (Å²) in [6.07, 6.45) is -2.41. The van der Waals surface area contributed by atoms with E-state index < -0.39 is 21.8 Å². The van der Waals surface area contributed by atoms with Gasteiger partial charge in [0.2, 0.25) is 10.0 Å². The molecule has 0 saturated heterocycles. The van der Waals surface area contributed by atoms with Gasteiger partial charge >= 0.3 is 6.18 Å². The Bertz CT molecular complexity index is 1300. The molecule has 1 aliphatic carbocycles. The molecular formula is C24H29F3N4O2S. The lowest BCUT2D eigenvalue weighted by Crippen LogP contribution is -2.30. The summed E-state index contributed by atoms with van der Waals surface area (Å²) in [5.41, 5.74) is 1.38. The molecule has 34 heavy (non-hydrogen) atoms. The third-order valence-corrected chi connectivity index (χ3v) is 8.24. The quantitative estimate of drug-likeness (QED) is 0.440. The van der Waals surface area contributed by atoms with Gasteiger partial charge in [-0.1, -0.05) is 12.1 Å². The second kappa shape index (κ2) is 8.98. The fourth-order valence-electron chi connectivity index (χ4n) is 4.32. The lowest BCUT2D eigenvalue weighted by atomic mass is 10.0. The highest BCUT2D eigenvalue weighted by Gasteiger charge is 2.35. The van der Waals surface area contributed by atoms with Gasteiger partial charge in [0.25, 0.3) is 0 Å². The highest BCUT2D eigenvalue weighted by molar-refractivity contribution is 7.89. The molecule has 1 heterocycles. The van der Waals surface area contributed by atoms with Gasteiger partial charge in [0.05, 0.1) is 28.0 Å². The minimum absolute atomic E-state index is 0.175. The van der Waals surface area contributed by atoms with Crippen LogP contribution in [0.5, 0.6) is 0 Å². The fraction of sp³-hybridized carbons (Fsp3) is 0.458. The Labute approximate surface area is 198 Å². The molecule has 1 aromatic heterocycles. The topological polar surface area (TPSA) is 58.4 Å². The van der Waals surface area contributed by atoms with Crippen LogP contribution < -0.4 is 0 Å². The Balaban J connectivity index is 1.69. The number of aryl methyl sites for hydroxylation is 1. The van der Waals surface area contributed by atoms with Crippen LogP contribution in [0, 0.1) is 0 Å². The van der Waals surface area contributed by atoms with Crippen LogP contribution in [0.1, 0.15) is 49.7 Å². The number of benzene rings is 2. The number of fused-ring (bicyclic) bond motifs is 1. The molecule has 1 aliphatic rings. The van der Waals surface area contributed by atoms with Crippen LogP contribution in [-0.4, -0.2) is 47.3 Å². The van der Waals surface area contributed by atoms with Crippen molar-refractivity contribution in [1.29, 1.82) is 0 Å². The Morgan fingerprint density at radius 2 is 1.85 bits per heavy atom. The van der Waals surface area contributed by atoms with E-state index in [1.807, 2.05) is 18.4 Å². The van der Waals surface area contributed by atoms with Crippen molar-refractivity contribution < 1.29 is 21.6 Å². The molecule has 0 amide bonds. The zero-order valence-corrected chi connectivity index (χ0v) is 20.5. The Hall–Kier alpha value is -2.43. The Kier molecular flexibility index (Phi) is 6.52. The molecule has 0 N–H and O–H groups in total. The van der Waals surface area contributed by atoms with Crippen LogP contribution in [0.15, 0.2) is 47.4 Å². The maximum Gasteiger partial charge on any atom is 0.416 e. The van der Waals surface area contributed by atoms with Crippen LogP contribution >= 0.6 is 0 Å². The second-order valence-electron chi connectivity index (χ2n) is 8.91. The predicted molar refractivity (Wildman–Crippen MR) is 125 cm³/mol. The van der Waals surface area contributed by atoms with E-state index in [2.05, 4.69) is 4.90 Å². The minimum atomic E-state index is -4.39. The summed E-state index contributed by atoms with van der Waals surface area (Å²) in [7, 11) is -0.620. The summed E-state index contributed by atoms with van der Waals surface area (Å²) < 4.78 is 68.1. The first-order valence-electron chi connectivity index (χ1n) is 11.3. The molecule has 1 saturated carbocycles. The Morgan fingerprint density at radius 1 is 1.15 bits per heavy atom. The molecule has 1 unspecified atom stereocenters. The van der Waals surface area contributed by atoms with E-state index in [0.717, 1.165) is 34.6 Å². The summed E-state index contributed by atoms with van der Waals surface area (Å²) >= 11 is 0. The van der Waals surface area contributed by atoms with E-state index in [4.69, 9.17) is 4.98 Å². The standard InChI is InChI=1S/C24H29F3N4O2S/c1-5-30-22-12-11-20(34(32,33)29(3)4)14-21(22)28-23(30)15-31(19-9-10-19)16(2)17-7-6-8-18(13-17)24(25,26)27/h6-8,11-14,16,19H,5,9-10,15H2,1-4H3. The van der Waals surface area contributed by atoms with Gasteiger partial charge in [0.15, 0.2) is 0 Å². The molecule has 0 spiro atoms. The van der Waals surface area contributed by atoms with Crippen molar-refractivity contribution in [2.45, 2.75) is 62.9 Å². The molecule has 3 aromatic rings. The first kappa shape index (κ1) is 24.7. The van der Waals surface area contributed by atoms with Crippen LogP contribution in [0.2, 0.25) is 0 Å². The van der Waals surface area contributed by atoms with E-state index in [1.54, 1.807) is 24.3 Å². The van der Waals surface area contributed by atoms with Gasteiger partial charge in [-0.2, -0.15) is 13.2 Å². The number of hydrogen-bond acceptors (Lipinski definition) is 4. The SMILES string of the molecule is CCn1c(CN(C2CC2)C(C)c2cccc(C(F)(F)F)c2)nc2cc(S(=O)(=O)N(C)C)ccc21. The van der Waals surface area contributed by atoms with E-state index in [0.29, 0.717) is 24.2 Å². The highest BCUT2D eigenvalue weighted by atomic mass is 32.2. The summed E-state index contributed by atoms with van der Waals surface area (Å²) in [4.78, 5) is 7.13. The number of hydrogen-bond donors (Lipinski definition) is 0. The number of sulfonamides is 1. The predicted octanol–water partition coefficient (Wildman–Crippen LogP) is 5.05. The second-order valence-corrected chi connectivity index (χ2v) is 11.1. The van der Waals surface area contributed by atoms with Crippen molar-refractivity contribution in [3.63, 3.8) is 0 Å². The summed E-state index contributed by atoms with van der Waals surface area (Å²) in [6, 6.07) is 10.5. The molecule has 0 aliphatic heterocycles. The van der Waals surface area contributed by atoms with Gasteiger partial charge in [0.1, 0.15) is 5.82 Å². The third kappa shape index (κ3) is 4.71. The first-order chi connectivity index (χ1) is 15.9. The van der Waals surface area contributed by atoms with Crippen molar-refractivity contribution in [2.24, 2.45) is 0 Å². The minimum Gasteiger partial charge on any atom is -0.327 e. The third-order valence-electron chi connectivity index (χ3n) is 6.43. The van der Waals surface area contributed by atoms with Crippen molar-refractivity contribution in [3.8, 4) is 0 Å². The average Bonchev–Trinajstić information content (AvgIpc) is 3.56. The molecule has 4 rings (SSSR count). The number of halogens is 3. The summed E-state index contributed by atoms with van der Waals surface area (Å²) in [5.74, 6) is 0.766. The number of imidazole rings is 1. The van der Waals surface area contributed by atoms with Gasteiger partial charge in [-0.3, -0.25) is 4.90 Å².